The lowest BCUT2D eigenvalue weighted by Gasteiger charge is -2.23. The van der Waals surface area contributed by atoms with Crippen molar-refractivity contribution in [2.75, 3.05) is 37.7 Å². The molecule has 3 rings (SSSR count). The molecule has 6 heteroatoms. The van der Waals surface area contributed by atoms with E-state index < -0.39 is 0 Å². The minimum Gasteiger partial charge on any atom is -0.484 e. The van der Waals surface area contributed by atoms with Crippen LogP contribution in [0.2, 0.25) is 5.02 Å². The lowest BCUT2D eigenvalue weighted by Crippen LogP contribution is -2.38. The Hall–Kier alpha value is -2.71. The number of carbonyl (C=O) groups is 1. The van der Waals surface area contributed by atoms with E-state index in [2.05, 4.69) is 11.0 Å². The summed E-state index contributed by atoms with van der Waals surface area (Å²) in [7, 11) is 0. The fourth-order valence-electron chi connectivity index (χ4n) is 3.12. The zero-order valence-corrected chi connectivity index (χ0v) is 16.1. The standard InChI is InChI=1S/C21H22ClN3O2/c1-16-13-19(7-8-20(16)22)27-15-21(26)25-10-2-9-24(11-12-25)18-5-3-17(14-23)4-6-18/h3-8,13H,2,9-12,15H2,1H3. The van der Waals surface area contributed by atoms with Crippen molar-refractivity contribution in [2.24, 2.45) is 0 Å². The van der Waals surface area contributed by atoms with Crippen LogP contribution in [0.3, 0.4) is 0 Å². The highest BCUT2D eigenvalue weighted by Crippen LogP contribution is 2.21. The van der Waals surface area contributed by atoms with Gasteiger partial charge in [0.1, 0.15) is 5.75 Å². The van der Waals surface area contributed by atoms with Crippen LogP contribution in [0.5, 0.6) is 5.75 Å². The number of halogens is 1. The molecule has 5 nitrogen and oxygen atoms in total. The van der Waals surface area contributed by atoms with Gasteiger partial charge in [0.05, 0.1) is 11.6 Å². The van der Waals surface area contributed by atoms with Gasteiger partial charge in [0.15, 0.2) is 6.61 Å². The SMILES string of the molecule is Cc1cc(OCC(=O)N2CCCN(c3ccc(C#N)cc3)CC2)ccc1Cl. The average Bonchev–Trinajstić information content (AvgIpc) is 2.95. The molecule has 140 valence electrons. The maximum absolute atomic E-state index is 12.5. The Labute approximate surface area is 164 Å². The van der Waals surface area contributed by atoms with Crippen LogP contribution >= 0.6 is 11.6 Å². The minimum atomic E-state index is -0.00992. The second-order valence-electron chi connectivity index (χ2n) is 6.58. The van der Waals surface area contributed by atoms with Crippen LogP contribution in [-0.4, -0.2) is 43.6 Å². The van der Waals surface area contributed by atoms with Crippen molar-refractivity contribution in [3.05, 3.63) is 58.6 Å². The molecule has 1 amide bonds. The number of nitrogens with zero attached hydrogens (tertiary/aromatic N) is 3. The molecule has 0 saturated carbocycles. The fourth-order valence-corrected chi connectivity index (χ4v) is 3.23. The van der Waals surface area contributed by atoms with Crippen LogP contribution in [0.4, 0.5) is 5.69 Å². The van der Waals surface area contributed by atoms with E-state index in [1.54, 1.807) is 12.1 Å². The zero-order valence-electron chi connectivity index (χ0n) is 15.3. The van der Waals surface area contributed by atoms with Crippen molar-refractivity contribution in [1.29, 1.82) is 5.26 Å². The van der Waals surface area contributed by atoms with Crippen LogP contribution in [0, 0.1) is 18.3 Å². The van der Waals surface area contributed by atoms with Crippen LogP contribution in [0.1, 0.15) is 17.5 Å². The van der Waals surface area contributed by atoms with Crippen molar-refractivity contribution in [3.8, 4) is 11.8 Å². The van der Waals surface area contributed by atoms with Crippen molar-refractivity contribution in [3.63, 3.8) is 0 Å². The summed E-state index contributed by atoms with van der Waals surface area (Å²) in [5.74, 6) is 0.642. The number of hydrogen-bond donors (Lipinski definition) is 0. The predicted molar refractivity (Wildman–Crippen MR) is 106 cm³/mol. The number of nitriles is 1. The van der Waals surface area contributed by atoms with E-state index in [0.717, 1.165) is 30.8 Å². The number of rotatable bonds is 4. The highest BCUT2D eigenvalue weighted by molar-refractivity contribution is 6.31. The maximum atomic E-state index is 12.5. The van der Waals surface area contributed by atoms with Gasteiger partial charge < -0.3 is 14.5 Å². The first-order valence-electron chi connectivity index (χ1n) is 8.98. The third kappa shape index (κ3) is 4.93. The van der Waals surface area contributed by atoms with E-state index in [0.29, 0.717) is 29.4 Å². The molecule has 0 unspecified atom stereocenters. The molecule has 27 heavy (non-hydrogen) atoms. The Bertz CT molecular complexity index is 845. The molecular formula is C21H22ClN3O2. The first kappa shape index (κ1) is 19.1. The second kappa shape index (κ2) is 8.79. The molecule has 0 spiro atoms. The summed E-state index contributed by atoms with van der Waals surface area (Å²) in [4.78, 5) is 16.6. The number of amides is 1. The highest BCUT2D eigenvalue weighted by atomic mass is 35.5. The van der Waals surface area contributed by atoms with Gasteiger partial charge in [-0.2, -0.15) is 5.26 Å². The first-order valence-corrected chi connectivity index (χ1v) is 9.36. The Kier molecular flexibility index (Phi) is 6.20. The van der Waals surface area contributed by atoms with Crippen LogP contribution in [0.25, 0.3) is 0 Å². The number of aryl methyl sites for hydroxylation is 1. The lowest BCUT2D eigenvalue weighted by molar-refractivity contribution is -0.133. The molecule has 0 bridgehead atoms. The van der Waals surface area contributed by atoms with Gasteiger partial charge in [-0.05, 0) is 61.4 Å². The largest absolute Gasteiger partial charge is 0.484 e. The van der Waals surface area contributed by atoms with Crippen LogP contribution in [0.15, 0.2) is 42.5 Å². The topological polar surface area (TPSA) is 56.6 Å². The van der Waals surface area contributed by atoms with Crippen molar-refractivity contribution >= 4 is 23.2 Å². The van der Waals surface area contributed by atoms with Gasteiger partial charge in [-0.1, -0.05) is 11.6 Å². The summed E-state index contributed by atoms with van der Waals surface area (Å²) < 4.78 is 5.64. The minimum absolute atomic E-state index is 0.00992. The normalized spacial score (nSPS) is 14.4. The average molecular weight is 384 g/mol. The van der Waals surface area contributed by atoms with E-state index in [-0.39, 0.29) is 12.5 Å². The van der Waals surface area contributed by atoms with Gasteiger partial charge >= 0.3 is 0 Å². The molecule has 2 aromatic rings. The smallest absolute Gasteiger partial charge is 0.260 e. The number of hydrogen-bond acceptors (Lipinski definition) is 4. The highest BCUT2D eigenvalue weighted by Gasteiger charge is 2.19. The molecule has 1 heterocycles. The van der Waals surface area contributed by atoms with Crippen molar-refractivity contribution < 1.29 is 9.53 Å². The monoisotopic (exact) mass is 383 g/mol. The molecular weight excluding hydrogens is 362 g/mol. The van der Waals surface area contributed by atoms with Crippen LogP contribution in [-0.2, 0) is 4.79 Å². The zero-order chi connectivity index (χ0) is 19.2. The van der Waals surface area contributed by atoms with Gasteiger partial charge in [-0.15, -0.1) is 0 Å². The quantitative estimate of drug-likeness (QED) is 0.808. The molecule has 2 aromatic carbocycles. The molecule has 0 aliphatic carbocycles. The Morgan fingerprint density at radius 2 is 1.93 bits per heavy atom. The fraction of sp³-hybridized carbons (Fsp3) is 0.333. The first-order chi connectivity index (χ1) is 13.1. The molecule has 0 N–H and O–H groups in total. The summed E-state index contributed by atoms with van der Waals surface area (Å²) in [5, 5.41) is 9.60. The van der Waals surface area contributed by atoms with Crippen molar-refractivity contribution in [1.82, 2.24) is 4.90 Å². The van der Waals surface area contributed by atoms with Gasteiger partial charge in [-0.25, -0.2) is 0 Å². The Morgan fingerprint density at radius 1 is 1.15 bits per heavy atom. The maximum Gasteiger partial charge on any atom is 0.260 e. The number of anilines is 1. The number of ether oxygens (including phenoxy) is 1. The molecule has 1 aliphatic heterocycles. The predicted octanol–water partition coefficient (Wildman–Crippen LogP) is 3.64. The van der Waals surface area contributed by atoms with E-state index in [1.807, 2.05) is 42.2 Å². The molecule has 0 radical (unpaired) electrons. The lowest BCUT2D eigenvalue weighted by atomic mass is 10.2. The third-order valence-corrected chi connectivity index (χ3v) is 5.13. The Morgan fingerprint density at radius 3 is 2.63 bits per heavy atom. The van der Waals surface area contributed by atoms with Crippen LogP contribution < -0.4 is 9.64 Å². The van der Waals surface area contributed by atoms with E-state index >= 15 is 0 Å². The number of carbonyl (C=O) groups excluding carboxylic acids is 1. The molecule has 1 saturated heterocycles. The van der Waals surface area contributed by atoms with Gasteiger partial charge in [0.2, 0.25) is 0 Å². The second-order valence-corrected chi connectivity index (χ2v) is 6.99. The number of benzene rings is 2. The van der Waals surface area contributed by atoms with E-state index in [4.69, 9.17) is 21.6 Å². The van der Waals surface area contributed by atoms with Gasteiger partial charge in [-0.3, -0.25) is 4.79 Å². The van der Waals surface area contributed by atoms with Gasteiger partial charge in [0, 0.05) is 36.9 Å². The van der Waals surface area contributed by atoms with Crippen molar-refractivity contribution in [2.45, 2.75) is 13.3 Å². The molecule has 1 aliphatic rings. The van der Waals surface area contributed by atoms with E-state index in [9.17, 15) is 4.79 Å². The summed E-state index contributed by atoms with van der Waals surface area (Å²) in [5.41, 5.74) is 2.66. The van der Waals surface area contributed by atoms with Gasteiger partial charge in [0.25, 0.3) is 5.91 Å². The Balaban J connectivity index is 1.54. The molecule has 0 aromatic heterocycles. The third-order valence-electron chi connectivity index (χ3n) is 4.70. The summed E-state index contributed by atoms with van der Waals surface area (Å²) in [6, 6.07) is 15.1. The summed E-state index contributed by atoms with van der Waals surface area (Å²) >= 11 is 6.01. The molecule has 1 fully saturated rings. The summed E-state index contributed by atoms with van der Waals surface area (Å²) in [6.45, 7) is 4.95. The van der Waals surface area contributed by atoms with E-state index in [1.165, 1.54) is 0 Å². The molecule has 0 atom stereocenters. The summed E-state index contributed by atoms with van der Waals surface area (Å²) in [6.07, 6.45) is 0.895.